The summed E-state index contributed by atoms with van der Waals surface area (Å²) in [4.78, 5) is 0. The van der Waals surface area contributed by atoms with Gasteiger partial charge in [0.25, 0.3) is 0 Å². The predicted octanol–water partition coefficient (Wildman–Crippen LogP) is 3.76. The van der Waals surface area contributed by atoms with E-state index in [9.17, 15) is 0 Å². The molecule has 2 aromatic carbocycles. The Bertz CT molecular complexity index is 549. The summed E-state index contributed by atoms with van der Waals surface area (Å²) in [7, 11) is 3.40. The summed E-state index contributed by atoms with van der Waals surface area (Å²) in [5.41, 5.74) is 4.65. The Labute approximate surface area is 120 Å². The van der Waals surface area contributed by atoms with Crippen LogP contribution in [0.3, 0.4) is 0 Å². The number of rotatable bonds is 6. The average molecular weight is 271 g/mol. The Morgan fingerprint density at radius 1 is 0.950 bits per heavy atom. The Morgan fingerprint density at radius 3 is 2.30 bits per heavy atom. The maximum atomic E-state index is 5.36. The molecule has 3 heteroatoms. The fourth-order valence-electron chi connectivity index (χ4n) is 2.08. The van der Waals surface area contributed by atoms with Crippen LogP contribution in [0.1, 0.15) is 16.7 Å². The van der Waals surface area contributed by atoms with Crippen molar-refractivity contribution in [1.29, 1.82) is 0 Å². The van der Waals surface area contributed by atoms with Crippen molar-refractivity contribution in [2.75, 3.05) is 19.5 Å². The topological polar surface area (TPSA) is 30.5 Å². The second kappa shape index (κ2) is 6.96. The summed E-state index contributed by atoms with van der Waals surface area (Å²) in [5, 5.41) is 3.42. The number of hydrogen-bond donors (Lipinski definition) is 1. The lowest BCUT2D eigenvalue weighted by atomic mass is 10.1. The van der Waals surface area contributed by atoms with Crippen molar-refractivity contribution in [3.05, 3.63) is 59.2 Å². The zero-order valence-corrected chi connectivity index (χ0v) is 12.3. The fourth-order valence-corrected chi connectivity index (χ4v) is 2.08. The number of aryl methyl sites for hydroxylation is 1. The molecule has 20 heavy (non-hydrogen) atoms. The molecule has 0 saturated heterocycles. The number of hydrogen-bond acceptors (Lipinski definition) is 3. The van der Waals surface area contributed by atoms with Gasteiger partial charge in [0, 0.05) is 13.7 Å². The maximum absolute atomic E-state index is 5.36. The standard InChI is InChI=1S/C17H21NO2/c1-13-4-9-17(20-3)16(10-13)18-11-14-5-7-15(8-6-14)12-19-2/h4-10,18H,11-12H2,1-3H3. The summed E-state index contributed by atoms with van der Waals surface area (Å²) in [6, 6.07) is 14.5. The number of nitrogens with one attached hydrogen (secondary N) is 1. The first-order chi connectivity index (χ1) is 9.72. The highest BCUT2D eigenvalue weighted by Crippen LogP contribution is 2.25. The normalized spacial score (nSPS) is 10.3. The van der Waals surface area contributed by atoms with Crippen LogP contribution in [0, 0.1) is 6.92 Å². The Hall–Kier alpha value is -2.00. The number of anilines is 1. The van der Waals surface area contributed by atoms with Gasteiger partial charge >= 0.3 is 0 Å². The van der Waals surface area contributed by atoms with Crippen molar-refractivity contribution in [2.24, 2.45) is 0 Å². The third kappa shape index (κ3) is 3.75. The first-order valence-electron chi connectivity index (χ1n) is 6.68. The molecule has 0 heterocycles. The summed E-state index contributed by atoms with van der Waals surface area (Å²) >= 11 is 0. The molecule has 3 nitrogen and oxygen atoms in total. The molecule has 0 saturated carbocycles. The third-order valence-corrected chi connectivity index (χ3v) is 3.17. The highest BCUT2D eigenvalue weighted by atomic mass is 16.5. The van der Waals surface area contributed by atoms with Gasteiger partial charge in [0.2, 0.25) is 0 Å². The molecule has 2 rings (SSSR count). The van der Waals surface area contributed by atoms with Crippen LogP contribution in [0.5, 0.6) is 5.75 Å². The molecule has 0 radical (unpaired) electrons. The van der Waals surface area contributed by atoms with E-state index in [2.05, 4.69) is 42.6 Å². The van der Waals surface area contributed by atoms with Crippen molar-refractivity contribution in [3.8, 4) is 5.75 Å². The van der Waals surface area contributed by atoms with Gasteiger partial charge < -0.3 is 14.8 Å². The highest BCUT2D eigenvalue weighted by Gasteiger charge is 2.03. The number of methoxy groups -OCH3 is 2. The molecule has 2 aromatic rings. The summed E-state index contributed by atoms with van der Waals surface area (Å²) in [5.74, 6) is 0.867. The van der Waals surface area contributed by atoms with Crippen molar-refractivity contribution in [3.63, 3.8) is 0 Å². The second-order valence-electron chi connectivity index (χ2n) is 4.81. The molecular formula is C17H21NO2. The van der Waals surface area contributed by atoms with E-state index in [4.69, 9.17) is 9.47 Å². The predicted molar refractivity (Wildman–Crippen MR) is 82.2 cm³/mol. The summed E-state index contributed by atoms with van der Waals surface area (Å²) in [6.07, 6.45) is 0. The Balaban J connectivity index is 2.02. The molecule has 0 aliphatic heterocycles. The molecule has 0 aromatic heterocycles. The minimum absolute atomic E-state index is 0.652. The molecule has 1 N–H and O–H groups in total. The van der Waals surface area contributed by atoms with Crippen LogP contribution >= 0.6 is 0 Å². The Kier molecular flexibility index (Phi) is 5.02. The smallest absolute Gasteiger partial charge is 0.141 e. The number of ether oxygens (including phenoxy) is 2. The van der Waals surface area contributed by atoms with Crippen molar-refractivity contribution < 1.29 is 9.47 Å². The molecule has 0 spiro atoms. The average Bonchev–Trinajstić information content (AvgIpc) is 2.47. The third-order valence-electron chi connectivity index (χ3n) is 3.17. The monoisotopic (exact) mass is 271 g/mol. The maximum Gasteiger partial charge on any atom is 0.141 e. The molecule has 0 aliphatic carbocycles. The van der Waals surface area contributed by atoms with Gasteiger partial charge in [-0.15, -0.1) is 0 Å². The van der Waals surface area contributed by atoms with Gasteiger partial charge in [-0.1, -0.05) is 30.3 Å². The summed E-state index contributed by atoms with van der Waals surface area (Å²) < 4.78 is 10.5. The number of benzene rings is 2. The first kappa shape index (κ1) is 14.4. The SMILES string of the molecule is COCc1ccc(CNc2cc(C)ccc2OC)cc1. The van der Waals surface area contributed by atoms with Crippen LogP contribution in [0.4, 0.5) is 5.69 Å². The van der Waals surface area contributed by atoms with E-state index in [-0.39, 0.29) is 0 Å². The molecule has 0 amide bonds. The van der Waals surface area contributed by atoms with Gasteiger partial charge in [0.1, 0.15) is 5.75 Å². The van der Waals surface area contributed by atoms with E-state index in [0.29, 0.717) is 6.61 Å². The van der Waals surface area contributed by atoms with Gasteiger partial charge in [0.05, 0.1) is 19.4 Å². The van der Waals surface area contributed by atoms with Gasteiger partial charge in [-0.05, 0) is 35.7 Å². The lowest BCUT2D eigenvalue weighted by Crippen LogP contribution is -2.02. The van der Waals surface area contributed by atoms with Crippen LogP contribution in [-0.4, -0.2) is 14.2 Å². The zero-order chi connectivity index (χ0) is 14.4. The van der Waals surface area contributed by atoms with Crippen LogP contribution < -0.4 is 10.1 Å². The molecule has 0 atom stereocenters. The van der Waals surface area contributed by atoms with E-state index in [1.165, 1.54) is 16.7 Å². The molecular weight excluding hydrogens is 250 g/mol. The van der Waals surface area contributed by atoms with E-state index >= 15 is 0 Å². The molecule has 0 unspecified atom stereocenters. The van der Waals surface area contributed by atoms with E-state index in [0.717, 1.165) is 18.0 Å². The largest absolute Gasteiger partial charge is 0.495 e. The lowest BCUT2D eigenvalue weighted by Gasteiger charge is -2.12. The molecule has 0 fully saturated rings. The van der Waals surface area contributed by atoms with E-state index < -0.39 is 0 Å². The molecule has 106 valence electrons. The zero-order valence-electron chi connectivity index (χ0n) is 12.3. The minimum atomic E-state index is 0.652. The van der Waals surface area contributed by atoms with Gasteiger partial charge in [0.15, 0.2) is 0 Å². The minimum Gasteiger partial charge on any atom is -0.495 e. The van der Waals surface area contributed by atoms with E-state index in [1.807, 2.05) is 12.1 Å². The van der Waals surface area contributed by atoms with Crippen molar-refractivity contribution >= 4 is 5.69 Å². The van der Waals surface area contributed by atoms with Crippen LogP contribution in [0.25, 0.3) is 0 Å². The first-order valence-corrected chi connectivity index (χ1v) is 6.68. The quantitative estimate of drug-likeness (QED) is 0.867. The molecule has 0 bridgehead atoms. The fraction of sp³-hybridized carbons (Fsp3) is 0.294. The van der Waals surface area contributed by atoms with Gasteiger partial charge in [-0.3, -0.25) is 0 Å². The van der Waals surface area contributed by atoms with Gasteiger partial charge in [-0.2, -0.15) is 0 Å². The van der Waals surface area contributed by atoms with E-state index in [1.54, 1.807) is 14.2 Å². The van der Waals surface area contributed by atoms with Crippen molar-refractivity contribution in [1.82, 2.24) is 0 Å². The summed E-state index contributed by atoms with van der Waals surface area (Å²) in [6.45, 7) is 3.50. The van der Waals surface area contributed by atoms with Crippen molar-refractivity contribution in [2.45, 2.75) is 20.1 Å². The highest BCUT2D eigenvalue weighted by molar-refractivity contribution is 5.58. The Morgan fingerprint density at radius 2 is 1.65 bits per heavy atom. The lowest BCUT2D eigenvalue weighted by molar-refractivity contribution is 0.185. The van der Waals surface area contributed by atoms with Crippen LogP contribution in [0.15, 0.2) is 42.5 Å². The second-order valence-corrected chi connectivity index (χ2v) is 4.81. The van der Waals surface area contributed by atoms with Crippen LogP contribution in [0.2, 0.25) is 0 Å². The van der Waals surface area contributed by atoms with Crippen LogP contribution in [-0.2, 0) is 17.9 Å². The molecule has 0 aliphatic rings. The van der Waals surface area contributed by atoms with Gasteiger partial charge in [-0.25, -0.2) is 0 Å².